The van der Waals surface area contributed by atoms with Gasteiger partial charge in [0.2, 0.25) is 5.91 Å². The summed E-state index contributed by atoms with van der Waals surface area (Å²) in [5, 5.41) is 2.91. The van der Waals surface area contributed by atoms with Gasteiger partial charge in [0.1, 0.15) is 12.4 Å². The highest BCUT2D eigenvalue weighted by atomic mass is 19.1. The zero-order valence-corrected chi connectivity index (χ0v) is 13.3. The lowest BCUT2D eigenvalue weighted by molar-refractivity contribution is -0.121. The number of ether oxygens (including phenoxy) is 1. The molecular formula is C17H20FN3O3. The van der Waals surface area contributed by atoms with Crippen molar-refractivity contribution in [2.75, 3.05) is 19.8 Å². The lowest BCUT2D eigenvalue weighted by atomic mass is 10.2. The molecular weight excluding hydrogens is 313 g/mol. The number of nitrogens with zero attached hydrogens (tertiary/aromatic N) is 2. The van der Waals surface area contributed by atoms with Crippen molar-refractivity contribution in [2.24, 2.45) is 5.92 Å². The first-order valence-corrected chi connectivity index (χ1v) is 8.12. The minimum absolute atomic E-state index is 0.138. The van der Waals surface area contributed by atoms with E-state index in [4.69, 9.17) is 4.74 Å². The van der Waals surface area contributed by atoms with Gasteiger partial charge in [-0.2, -0.15) is 0 Å². The van der Waals surface area contributed by atoms with Gasteiger partial charge in [-0.1, -0.05) is 0 Å². The van der Waals surface area contributed by atoms with E-state index in [2.05, 4.69) is 10.3 Å². The number of benzene rings is 1. The molecule has 0 radical (unpaired) electrons. The van der Waals surface area contributed by atoms with Gasteiger partial charge >= 0.3 is 0 Å². The molecule has 6 nitrogen and oxygen atoms in total. The number of nitrogens with one attached hydrogen (secondary N) is 1. The highest BCUT2D eigenvalue weighted by Gasteiger charge is 2.20. The summed E-state index contributed by atoms with van der Waals surface area (Å²) < 4.78 is 19.9. The zero-order valence-electron chi connectivity index (χ0n) is 13.3. The number of hydrogen-bond donors (Lipinski definition) is 1. The van der Waals surface area contributed by atoms with Crippen LogP contribution in [0.3, 0.4) is 0 Å². The Balaban J connectivity index is 1.49. The lowest BCUT2D eigenvalue weighted by Crippen LogP contribution is -2.33. The molecule has 1 aliphatic carbocycles. The highest BCUT2D eigenvalue weighted by Crippen LogP contribution is 2.28. The normalized spacial score (nSPS) is 14.0. The average Bonchev–Trinajstić information content (AvgIpc) is 3.38. The summed E-state index contributed by atoms with van der Waals surface area (Å²) in [4.78, 5) is 28.2. The van der Waals surface area contributed by atoms with Crippen molar-refractivity contribution >= 4 is 16.8 Å². The van der Waals surface area contributed by atoms with Crippen LogP contribution in [0.5, 0.6) is 0 Å². The van der Waals surface area contributed by atoms with Gasteiger partial charge in [0, 0.05) is 19.8 Å². The molecule has 1 heterocycles. The average molecular weight is 333 g/mol. The minimum atomic E-state index is -0.505. The number of halogens is 1. The first-order valence-electron chi connectivity index (χ1n) is 8.12. The number of carbonyl (C=O) groups is 1. The Morgan fingerprint density at radius 1 is 1.42 bits per heavy atom. The molecule has 0 bridgehead atoms. The van der Waals surface area contributed by atoms with Gasteiger partial charge in [-0.25, -0.2) is 9.37 Å². The van der Waals surface area contributed by atoms with Crippen molar-refractivity contribution in [1.29, 1.82) is 0 Å². The zero-order chi connectivity index (χ0) is 16.9. The summed E-state index contributed by atoms with van der Waals surface area (Å²) in [6.07, 6.45) is 4.56. The molecule has 1 saturated carbocycles. The fraction of sp³-hybridized carbons (Fsp3) is 0.471. The van der Waals surface area contributed by atoms with E-state index in [0.29, 0.717) is 18.7 Å². The Kier molecular flexibility index (Phi) is 5.20. The topological polar surface area (TPSA) is 73.2 Å². The summed E-state index contributed by atoms with van der Waals surface area (Å²) in [5.41, 5.74) is -0.0201. The quantitative estimate of drug-likeness (QED) is 0.743. The Morgan fingerprint density at radius 3 is 3.04 bits per heavy atom. The van der Waals surface area contributed by atoms with Crippen molar-refractivity contribution < 1.29 is 13.9 Å². The van der Waals surface area contributed by atoms with E-state index in [9.17, 15) is 14.0 Å². The molecule has 0 aliphatic heterocycles. The predicted octanol–water partition coefficient (Wildman–Crippen LogP) is 1.47. The van der Waals surface area contributed by atoms with Gasteiger partial charge in [0.25, 0.3) is 5.56 Å². The molecule has 1 amide bonds. The fourth-order valence-electron chi connectivity index (χ4n) is 2.39. The van der Waals surface area contributed by atoms with Crippen LogP contribution in [0.4, 0.5) is 4.39 Å². The third-order valence-corrected chi connectivity index (χ3v) is 3.94. The Morgan fingerprint density at radius 2 is 2.25 bits per heavy atom. The highest BCUT2D eigenvalue weighted by molar-refractivity contribution is 5.78. The number of amides is 1. The minimum Gasteiger partial charge on any atom is -0.381 e. The van der Waals surface area contributed by atoms with Crippen molar-refractivity contribution in [1.82, 2.24) is 14.9 Å². The second-order valence-electron chi connectivity index (χ2n) is 6.06. The first-order chi connectivity index (χ1) is 11.6. The summed E-state index contributed by atoms with van der Waals surface area (Å²) in [6, 6.07) is 3.82. The van der Waals surface area contributed by atoms with E-state index in [1.54, 1.807) is 0 Å². The maximum Gasteiger partial charge on any atom is 0.261 e. The molecule has 1 fully saturated rings. The molecule has 1 aromatic carbocycles. The molecule has 3 rings (SSSR count). The lowest BCUT2D eigenvalue weighted by Gasteiger charge is -2.08. The second-order valence-corrected chi connectivity index (χ2v) is 6.06. The van der Waals surface area contributed by atoms with E-state index < -0.39 is 11.4 Å². The molecule has 1 aromatic heterocycles. The summed E-state index contributed by atoms with van der Waals surface area (Å²) in [7, 11) is 0. The predicted molar refractivity (Wildman–Crippen MR) is 87.1 cm³/mol. The molecule has 0 atom stereocenters. The number of hydrogen-bond acceptors (Lipinski definition) is 4. The number of rotatable bonds is 8. The van der Waals surface area contributed by atoms with E-state index in [1.165, 1.54) is 35.9 Å². The largest absolute Gasteiger partial charge is 0.381 e. The molecule has 0 unspecified atom stereocenters. The molecule has 0 spiro atoms. The van der Waals surface area contributed by atoms with Crippen molar-refractivity contribution in [2.45, 2.75) is 25.8 Å². The first kappa shape index (κ1) is 16.6. The van der Waals surface area contributed by atoms with Gasteiger partial charge in [0.05, 0.1) is 17.2 Å². The van der Waals surface area contributed by atoms with Crippen LogP contribution in [0.1, 0.15) is 19.3 Å². The van der Waals surface area contributed by atoms with Gasteiger partial charge in [-0.3, -0.25) is 14.2 Å². The van der Waals surface area contributed by atoms with E-state index >= 15 is 0 Å². The molecule has 24 heavy (non-hydrogen) atoms. The van der Waals surface area contributed by atoms with Gasteiger partial charge in [-0.15, -0.1) is 0 Å². The number of carbonyl (C=O) groups excluding carboxylic acids is 1. The van der Waals surface area contributed by atoms with Crippen LogP contribution >= 0.6 is 0 Å². The van der Waals surface area contributed by atoms with E-state index in [1.807, 2.05) is 0 Å². The molecule has 1 aliphatic rings. The van der Waals surface area contributed by atoms with Crippen molar-refractivity contribution in [3.8, 4) is 0 Å². The van der Waals surface area contributed by atoms with Crippen molar-refractivity contribution in [3.05, 3.63) is 40.7 Å². The van der Waals surface area contributed by atoms with E-state index in [-0.39, 0.29) is 17.8 Å². The monoisotopic (exact) mass is 333 g/mol. The van der Waals surface area contributed by atoms with Crippen LogP contribution in [0.15, 0.2) is 29.3 Å². The SMILES string of the molecule is O=C(Cn1cnc2ccc(F)cc2c1=O)NCCCOCC1CC1. The van der Waals surface area contributed by atoms with Crippen LogP contribution in [-0.4, -0.2) is 35.2 Å². The molecule has 1 N–H and O–H groups in total. The van der Waals surface area contributed by atoms with Crippen LogP contribution < -0.4 is 10.9 Å². The summed E-state index contributed by atoms with van der Waals surface area (Å²) in [6.45, 7) is 1.78. The molecule has 7 heteroatoms. The van der Waals surface area contributed by atoms with Crippen molar-refractivity contribution in [3.63, 3.8) is 0 Å². The number of fused-ring (bicyclic) bond motifs is 1. The molecule has 128 valence electrons. The maximum atomic E-state index is 13.3. The van der Waals surface area contributed by atoms with Crippen LogP contribution in [0.25, 0.3) is 10.9 Å². The Labute approximate surface area is 138 Å². The third kappa shape index (κ3) is 4.38. The van der Waals surface area contributed by atoms with E-state index in [0.717, 1.165) is 25.0 Å². The van der Waals surface area contributed by atoms with Gasteiger partial charge in [-0.05, 0) is 43.4 Å². The third-order valence-electron chi connectivity index (χ3n) is 3.94. The van der Waals surface area contributed by atoms with Gasteiger partial charge in [0.15, 0.2) is 0 Å². The Hall–Kier alpha value is -2.28. The van der Waals surface area contributed by atoms with Crippen LogP contribution in [0, 0.1) is 11.7 Å². The molecule has 0 saturated heterocycles. The smallest absolute Gasteiger partial charge is 0.261 e. The standard InChI is InChI=1S/C17H20FN3O3/c18-13-4-5-15-14(8-13)17(23)21(11-20-15)9-16(22)19-6-1-7-24-10-12-2-3-12/h4-5,8,11-12H,1-3,6-7,9-10H2,(H,19,22). The second kappa shape index (κ2) is 7.53. The van der Waals surface area contributed by atoms with Crippen LogP contribution in [0.2, 0.25) is 0 Å². The number of aromatic nitrogens is 2. The summed E-state index contributed by atoms with van der Waals surface area (Å²) in [5.74, 6) is -0.0525. The van der Waals surface area contributed by atoms with Crippen LogP contribution in [-0.2, 0) is 16.1 Å². The molecule has 2 aromatic rings. The fourth-order valence-corrected chi connectivity index (χ4v) is 2.39. The maximum absolute atomic E-state index is 13.3. The summed E-state index contributed by atoms with van der Waals surface area (Å²) >= 11 is 0. The Bertz CT molecular complexity index is 786. The van der Waals surface area contributed by atoms with Gasteiger partial charge < -0.3 is 10.1 Å².